The number of β-amino-alcohol motifs (C(OH)–C–C–N with tert-alkyl or cyclic N) is 1. The van der Waals surface area contributed by atoms with Gasteiger partial charge in [0.05, 0.1) is 36.1 Å². The van der Waals surface area contributed by atoms with E-state index in [9.17, 15) is 9.90 Å². The molecule has 0 spiro atoms. The molecule has 0 bridgehead atoms. The predicted octanol–water partition coefficient (Wildman–Crippen LogP) is 2.22. The van der Waals surface area contributed by atoms with Crippen LogP contribution < -0.4 is 26.2 Å². The van der Waals surface area contributed by atoms with E-state index in [0.717, 1.165) is 16.9 Å². The molecule has 3 aromatic rings. The van der Waals surface area contributed by atoms with Crippen LogP contribution >= 0.6 is 11.6 Å². The van der Waals surface area contributed by atoms with Gasteiger partial charge in [0.25, 0.3) is 5.91 Å². The molecule has 5 N–H and O–H groups in total. The molecule has 0 saturated carbocycles. The zero-order valence-corrected chi connectivity index (χ0v) is 20.3. The van der Waals surface area contributed by atoms with Crippen molar-refractivity contribution >= 4 is 23.2 Å². The first-order valence-corrected chi connectivity index (χ1v) is 12.2. The summed E-state index contributed by atoms with van der Waals surface area (Å²) in [6, 6.07) is 14.6. The molecule has 1 amide bonds. The lowest BCUT2D eigenvalue weighted by Crippen LogP contribution is -2.43. The van der Waals surface area contributed by atoms with Gasteiger partial charge in [-0.2, -0.15) is 0 Å². The summed E-state index contributed by atoms with van der Waals surface area (Å²) >= 11 is 6.27. The third-order valence-electron chi connectivity index (χ3n) is 6.32. The van der Waals surface area contributed by atoms with Crippen LogP contribution in [0.3, 0.4) is 0 Å². The number of carbonyl (C=O) groups is 1. The molecule has 5 rings (SSSR count). The number of carbonyl (C=O) groups excluding carboxylic acids is 1. The van der Waals surface area contributed by atoms with Crippen molar-refractivity contribution in [3.8, 4) is 5.75 Å². The van der Waals surface area contributed by atoms with Crippen LogP contribution in [0.25, 0.3) is 0 Å². The van der Waals surface area contributed by atoms with Crippen molar-refractivity contribution in [2.75, 3.05) is 31.6 Å². The van der Waals surface area contributed by atoms with Gasteiger partial charge in [0.15, 0.2) is 0 Å². The third-order valence-corrected chi connectivity index (χ3v) is 6.61. The minimum Gasteiger partial charge on any atom is -0.492 e. The van der Waals surface area contributed by atoms with Gasteiger partial charge in [-0.1, -0.05) is 29.8 Å². The number of fused-ring (bicyclic) bond motifs is 1. The molecule has 2 aliphatic rings. The topological polar surface area (TPSA) is 124 Å². The molecule has 0 radical (unpaired) electrons. The van der Waals surface area contributed by atoms with Crippen molar-refractivity contribution in [3.05, 3.63) is 82.9 Å². The zero-order valence-electron chi connectivity index (χ0n) is 19.5. The van der Waals surface area contributed by atoms with E-state index >= 15 is 0 Å². The highest BCUT2D eigenvalue weighted by Gasteiger charge is 2.34. The van der Waals surface area contributed by atoms with Crippen LogP contribution in [-0.2, 0) is 0 Å². The maximum absolute atomic E-state index is 13.1. The number of aliphatic hydroxyl groups is 1. The highest BCUT2D eigenvalue weighted by Crippen LogP contribution is 2.37. The number of para-hydroxylation sites is 1. The summed E-state index contributed by atoms with van der Waals surface area (Å²) in [4.78, 5) is 23.5. The van der Waals surface area contributed by atoms with Crippen molar-refractivity contribution < 1.29 is 14.6 Å². The molecule has 2 aliphatic heterocycles. The van der Waals surface area contributed by atoms with E-state index in [2.05, 4.69) is 36.4 Å². The number of ether oxygens (including phenoxy) is 1. The Kier molecular flexibility index (Phi) is 7.59. The van der Waals surface area contributed by atoms with Gasteiger partial charge < -0.3 is 20.5 Å². The van der Waals surface area contributed by atoms with E-state index in [-0.39, 0.29) is 30.9 Å². The van der Waals surface area contributed by atoms with Crippen molar-refractivity contribution in [2.45, 2.75) is 24.8 Å². The quantitative estimate of drug-likeness (QED) is 0.311. The van der Waals surface area contributed by atoms with E-state index < -0.39 is 0 Å². The van der Waals surface area contributed by atoms with Crippen LogP contribution in [-0.4, -0.2) is 58.4 Å². The number of anilines is 1. The lowest BCUT2D eigenvalue weighted by atomic mass is 10.00. The molecule has 1 saturated heterocycles. The van der Waals surface area contributed by atoms with Gasteiger partial charge in [-0.25, -0.2) is 20.8 Å². The van der Waals surface area contributed by atoms with Gasteiger partial charge in [-0.3, -0.25) is 9.69 Å². The van der Waals surface area contributed by atoms with Crippen molar-refractivity contribution in [1.29, 1.82) is 0 Å². The minimum atomic E-state index is -0.195. The number of amides is 1. The fourth-order valence-corrected chi connectivity index (χ4v) is 4.80. The molecule has 11 heteroatoms. The van der Waals surface area contributed by atoms with Crippen LogP contribution in [0, 0.1) is 0 Å². The first-order chi connectivity index (χ1) is 17.6. The van der Waals surface area contributed by atoms with Gasteiger partial charge in [-0.05, 0) is 30.3 Å². The molecule has 1 aromatic heterocycles. The molecule has 2 unspecified atom stereocenters. The van der Waals surface area contributed by atoms with Crippen molar-refractivity contribution in [1.82, 2.24) is 31.0 Å². The van der Waals surface area contributed by atoms with Gasteiger partial charge in [0, 0.05) is 42.5 Å². The molecule has 0 aliphatic carbocycles. The van der Waals surface area contributed by atoms with Crippen LogP contribution in [0.4, 0.5) is 5.69 Å². The number of halogens is 1. The Bertz CT molecular complexity index is 1200. The number of rotatable bonds is 8. The lowest BCUT2D eigenvalue weighted by Gasteiger charge is -2.27. The van der Waals surface area contributed by atoms with Gasteiger partial charge >= 0.3 is 0 Å². The molecule has 36 heavy (non-hydrogen) atoms. The molecule has 188 valence electrons. The predicted molar refractivity (Wildman–Crippen MR) is 135 cm³/mol. The summed E-state index contributed by atoms with van der Waals surface area (Å²) in [5.74, 6) is 0.472. The normalized spacial score (nSPS) is 21.4. The molecule has 3 heterocycles. The van der Waals surface area contributed by atoms with Gasteiger partial charge in [0.1, 0.15) is 18.2 Å². The average molecular weight is 510 g/mol. The van der Waals surface area contributed by atoms with Crippen molar-refractivity contribution in [3.63, 3.8) is 0 Å². The van der Waals surface area contributed by atoms with E-state index in [1.54, 1.807) is 18.3 Å². The van der Waals surface area contributed by atoms with Crippen LogP contribution in [0.15, 0.2) is 61.1 Å². The highest BCUT2D eigenvalue weighted by molar-refractivity contribution is 6.32. The first kappa shape index (κ1) is 24.4. The average Bonchev–Trinajstić information content (AvgIpc) is 3.31. The number of benzene rings is 2. The second kappa shape index (κ2) is 11.2. The first-order valence-electron chi connectivity index (χ1n) is 11.8. The standard InChI is InChI=1S/C25H28ClN7O3/c26-19-6-2-5-18-20(8-12-36-23(18)19)30-25(35)16-3-1-4-17(13-16)28-14-22-31-32-24(33(22)10-11-34)21-7-9-27-15-29-21/h1-7,9,13,15,20,22,24,28,31-32,34H,8,10-12,14H2,(H,30,35)/t20-,22?,24?/m1/s1. The molecule has 2 aromatic carbocycles. The number of aromatic nitrogens is 2. The van der Waals surface area contributed by atoms with Gasteiger partial charge in [0.2, 0.25) is 0 Å². The fraction of sp³-hybridized carbons (Fsp3) is 0.320. The zero-order chi connectivity index (χ0) is 24.9. The molecular weight excluding hydrogens is 482 g/mol. The van der Waals surface area contributed by atoms with Crippen LogP contribution in [0.5, 0.6) is 5.75 Å². The number of aliphatic hydroxyl groups excluding tert-OH is 1. The largest absolute Gasteiger partial charge is 0.492 e. The van der Waals surface area contributed by atoms with Gasteiger partial charge in [-0.15, -0.1) is 0 Å². The number of hydrogen-bond acceptors (Lipinski definition) is 9. The summed E-state index contributed by atoms with van der Waals surface area (Å²) < 4.78 is 5.70. The summed E-state index contributed by atoms with van der Waals surface area (Å²) in [6.45, 7) is 1.50. The van der Waals surface area contributed by atoms with E-state index in [0.29, 0.717) is 42.5 Å². The highest BCUT2D eigenvalue weighted by atomic mass is 35.5. The minimum absolute atomic E-state index is 0.0116. The summed E-state index contributed by atoms with van der Waals surface area (Å²) in [5.41, 5.74) is 9.55. The van der Waals surface area contributed by atoms with Crippen molar-refractivity contribution in [2.24, 2.45) is 0 Å². The second-order valence-corrected chi connectivity index (χ2v) is 8.99. The van der Waals surface area contributed by atoms with E-state index in [1.807, 2.05) is 36.4 Å². The number of nitrogens with zero attached hydrogens (tertiary/aromatic N) is 3. The van der Waals surface area contributed by atoms with E-state index in [4.69, 9.17) is 16.3 Å². The molecule has 1 fully saturated rings. The molecular formula is C25H28ClN7O3. The Balaban J connectivity index is 1.23. The molecule has 10 nitrogen and oxygen atoms in total. The second-order valence-electron chi connectivity index (χ2n) is 8.59. The van der Waals surface area contributed by atoms with E-state index in [1.165, 1.54) is 6.33 Å². The maximum Gasteiger partial charge on any atom is 0.251 e. The fourth-order valence-electron chi connectivity index (χ4n) is 4.56. The Morgan fingerprint density at radius 1 is 1.22 bits per heavy atom. The Morgan fingerprint density at radius 3 is 2.94 bits per heavy atom. The number of hydrogen-bond donors (Lipinski definition) is 5. The number of nitrogens with one attached hydrogen (secondary N) is 4. The maximum atomic E-state index is 13.1. The van der Waals surface area contributed by atoms with Crippen LogP contribution in [0.1, 0.15) is 40.2 Å². The SMILES string of the molecule is O=C(N[C@@H]1CCOc2c(Cl)cccc21)c1cccc(NCC2NNC(c3ccncn3)N2CCO)c1. The summed E-state index contributed by atoms with van der Waals surface area (Å²) in [5, 5.41) is 16.6. The molecule has 3 atom stereocenters. The smallest absolute Gasteiger partial charge is 0.251 e. The number of hydrazine groups is 1. The summed E-state index contributed by atoms with van der Waals surface area (Å²) in [6.07, 6.45) is 3.56. The Morgan fingerprint density at radius 2 is 2.11 bits per heavy atom. The summed E-state index contributed by atoms with van der Waals surface area (Å²) in [7, 11) is 0. The monoisotopic (exact) mass is 509 g/mol. The van der Waals surface area contributed by atoms with Crippen LogP contribution in [0.2, 0.25) is 5.02 Å². The Hall–Kier alpha value is -3.28. The lowest BCUT2D eigenvalue weighted by molar-refractivity contribution is 0.0925. The Labute approximate surface area is 214 Å². The third kappa shape index (κ3) is 5.28.